The Morgan fingerprint density at radius 1 is 1.14 bits per heavy atom. The van der Waals surface area contributed by atoms with Crippen LogP contribution in [0.1, 0.15) is 49.3 Å². The van der Waals surface area contributed by atoms with E-state index in [0.717, 1.165) is 11.3 Å². The second-order valence-corrected chi connectivity index (χ2v) is 7.44. The van der Waals surface area contributed by atoms with Gasteiger partial charge >= 0.3 is 5.97 Å². The number of hydrogen-bond acceptors (Lipinski definition) is 4. The van der Waals surface area contributed by atoms with Gasteiger partial charge in [0.05, 0.1) is 29.4 Å². The number of nitrogens with one attached hydrogen (secondary N) is 2. The van der Waals surface area contributed by atoms with Gasteiger partial charge in [-0.25, -0.2) is 0 Å². The summed E-state index contributed by atoms with van der Waals surface area (Å²) in [6.45, 7) is 7.68. The predicted octanol–water partition coefficient (Wildman–Crippen LogP) is 2.20. The molecule has 1 heterocycles. The van der Waals surface area contributed by atoms with Crippen LogP contribution < -0.4 is 10.6 Å². The molecule has 0 atom stereocenters. The molecule has 150 valence electrons. The molecule has 2 amide bonds. The molecule has 0 saturated heterocycles. The normalized spacial score (nSPS) is 11.1. The van der Waals surface area contributed by atoms with Crippen LogP contribution in [-0.4, -0.2) is 39.2 Å². The molecular weight excluding hydrogens is 360 g/mol. The van der Waals surface area contributed by atoms with E-state index >= 15 is 0 Å². The van der Waals surface area contributed by atoms with Crippen molar-refractivity contribution in [2.75, 3.05) is 11.9 Å². The first-order valence-electron chi connectivity index (χ1n) is 9.08. The predicted molar refractivity (Wildman–Crippen MR) is 105 cm³/mol. The number of carbonyl (C=O) groups excluding carboxylic acids is 2. The summed E-state index contributed by atoms with van der Waals surface area (Å²) in [6.07, 6.45) is 2.34. The zero-order valence-corrected chi connectivity index (χ0v) is 16.6. The van der Waals surface area contributed by atoms with Crippen LogP contribution in [0.25, 0.3) is 0 Å². The highest BCUT2D eigenvalue weighted by Gasteiger charge is 2.23. The molecule has 0 unspecified atom stereocenters. The highest BCUT2D eigenvalue weighted by Crippen LogP contribution is 2.21. The van der Waals surface area contributed by atoms with E-state index in [9.17, 15) is 14.4 Å². The van der Waals surface area contributed by atoms with Crippen molar-refractivity contribution in [1.82, 2.24) is 15.1 Å². The Labute approximate surface area is 163 Å². The van der Waals surface area contributed by atoms with Crippen LogP contribution in [0.15, 0.2) is 30.5 Å². The van der Waals surface area contributed by atoms with Crippen molar-refractivity contribution in [3.05, 3.63) is 47.3 Å². The third-order valence-electron chi connectivity index (χ3n) is 4.10. The molecule has 3 N–H and O–H groups in total. The summed E-state index contributed by atoms with van der Waals surface area (Å²) in [5.74, 6) is -1.70. The van der Waals surface area contributed by atoms with Gasteiger partial charge in [-0.1, -0.05) is 19.1 Å². The molecule has 8 nitrogen and oxygen atoms in total. The van der Waals surface area contributed by atoms with Crippen LogP contribution in [-0.2, 0) is 28.0 Å². The lowest BCUT2D eigenvalue weighted by Gasteiger charge is -2.22. The van der Waals surface area contributed by atoms with E-state index in [1.165, 1.54) is 0 Å². The number of hydrogen-bond donors (Lipinski definition) is 3. The summed E-state index contributed by atoms with van der Waals surface area (Å²) in [7, 11) is 0. The second-order valence-electron chi connectivity index (χ2n) is 7.44. The van der Waals surface area contributed by atoms with Crippen molar-refractivity contribution in [3.63, 3.8) is 0 Å². The lowest BCUT2D eigenvalue weighted by Crippen LogP contribution is -2.30. The minimum absolute atomic E-state index is 0.0693. The highest BCUT2D eigenvalue weighted by atomic mass is 16.4. The molecule has 8 heteroatoms. The van der Waals surface area contributed by atoms with Gasteiger partial charge in [0.1, 0.15) is 6.54 Å². The third-order valence-corrected chi connectivity index (χ3v) is 4.10. The molecule has 0 bridgehead atoms. The summed E-state index contributed by atoms with van der Waals surface area (Å²) in [5.41, 5.74) is 2.51. The molecule has 2 rings (SSSR count). The van der Waals surface area contributed by atoms with Gasteiger partial charge in [0.15, 0.2) is 0 Å². The fraction of sp³-hybridized carbons (Fsp3) is 0.400. The molecule has 0 aliphatic rings. The summed E-state index contributed by atoms with van der Waals surface area (Å²) in [6, 6.07) is 6.85. The van der Waals surface area contributed by atoms with Crippen LogP contribution in [0.2, 0.25) is 0 Å². The maximum Gasteiger partial charge on any atom is 0.322 e. The van der Waals surface area contributed by atoms with Crippen LogP contribution in [0.3, 0.4) is 0 Å². The van der Waals surface area contributed by atoms with Crippen molar-refractivity contribution < 1.29 is 19.5 Å². The van der Waals surface area contributed by atoms with E-state index in [1.54, 1.807) is 30.5 Å². The number of benzene rings is 1. The number of carboxylic acid groups (broad SMARTS) is 1. The maximum atomic E-state index is 12.7. The van der Waals surface area contributed by atoms with Crippen molar-refractivity contribution in [2.45, 2.75) is 46.1 Å². The number of rotatable bonds is 7. The molecule has 0 radical (unpaired) electrons. The number of nitrogens with zero attached hydrogens (tertiary/aromatic N) is 2. The summed E-state index contributed by atoms with van der Waals surface area (Å²) in [4.78, 5) is 34.8. The van der Waals surface area contributed by atoms with E-state index in [0.29, 0.717) is 17.7 Å². The SMILES string of the molecule is CCc1c(C(=O)Nc2ccc(CC(=O)NCC(=O)O)cc2)cnn1C(C)(C)C. The molecule has 2 aromatic rings. The minimum atomic E-state index is -1.09. The Morgan fingerprint density at radius 3 is 2.32 bits per heavy atom. The number of aromatic nitrogens is 2. The molecule has 0 fully saturated rings. The molecule has 0 spiro atoms. The Balaban J connectivity index is 2.04. The minimum Gasteiger partial charge on any atom is -0.480 e. The topological polar surface area (TPSA) is 113 Å². The third kappa shape index (κ3) is 5.42. The van der Waals surface area contributed by atoms with Crippen molar-refractivity contribution in [3.8, 4) is 0 Å². The van der Waals surface area contributed by atoms with Crippen LogP contribution in [0.5, 0.6) is 0 Å². The summed E-state index contributed by atoms with van der Waals surface area (Å²) >= 11 is 0. The van der Waals surface area contributed by atoms with E-state index in [2.05, 4.69) is 15.7 Å². The molecule has 28 heavy (non-hydrogen) atoms. The van der Waals surface area contributed by atoms with Gasteiger partial charge in [0, 0.05) is 5.69 Å². The fourth-order valence-electron chi connectivity index (χ4n) is 2.81. The maximum absolute atomic E-state index is 12.7. The first kappa shape index (κ1) is 21.1. The average molecular weight is 386 g/mol. The number of carbonyl (C=O) groups is 3. The molecule has 0 aliphatic carbocycles. The van der Waals surface area contributed by atoms with Gasteiger partial charge in [-0.05, 0) is 44.9 Å². The van der Waals surface area contributed by atoms with Gasteiger partial charge in [0.25, 0.3) is 5.91 Å². The van der Waals surface area contributed by atoms with Crippen molar-refractivity contribution >= 4 is 23.5 Å². The lowest BCUT2D eigenvalue weighted by molar-refractivity contribution is -0.137. The first-order valence-corrected chi connectivity index (χ1v) is 9.08. The molecule has 0 saturated carbocycles. The number of aliphatic carboxylic acids is 1. The van der Waals surface area contributed by atoms with Gasteiger partial charge in [-0.2, -0.15) is 5.10 Å². The number of amides is 2. The van der Waals surface area contributed by atoms with Gasteiger partial charge in [-0.15, -0.1) is 0 Å². The average Bonchev–Trinajstić information content (AvgIpc) is 3.06. The molecule has 1 aromatic carbocycles. The highest BCUT2D eigenvalue weighted by molar-refractivity contribution is 6.05. The first-order chi connectivity index (χ1) is 13.1. The number of carboxylic acids is 1. The number of anilines is 1. The van der Waals surface area contributed by atoms with Crippen LogP contribution in [0.4, 0.5) is 5.69 Å². The quantitative estimate of drug-likeness (QED) is 0.675. The summed E-state index contributed by atoms with van der Waals surface area (Å²) in [5, 5.41) is 18.1. The van der Waals surface area contributed by atoms with Crippen molar-refractivity contribution in [1.29, 1.82) is 0 Å². The van der Waals surface area contributed by atoms with Gasteiger partial charge in [-0.3, -0.25) is 19.1 Å². The van der Waals surface area contributed by atoms with Crippen LogP contribution in [0, 0.1) is 0 Å². The van der Waals surface area contributed by atoms with Crippen molar-refractivity contribution in [2.24, 2.45) is 0 Å². The van der Waals surface area contributed by atoms with E-state index in [4.69, 9.17) is 5.11 Å². The van der Waals surface area contributed by atoms with Gasteiger partial charge in [0.2, 0.25) is 5.91 Å². The fourth-order valence-corrected chi connectivity index (χ4v) is 2.81. The Bertz CT molecular complexity index is 863. The molecule has 1 aromatic heterocycles. The smallest absolute Gasteiger partial charge is 0.322 e. The molecule has 0 aliphatic heterocycles. The zero-order valence-electron chi connectivity index (χ0n) is 16.6. The van der Waals surface area contributed by atoms with E-state index < -0.39 is 12.5 Å². The monoisotopic (exact) mass is 386 g/mol. The van der Waals surface area contributed by atoms with E-state index in [1.807, 2.05) is 32.4 Å². The second kappa shape index (κ2) is 8.69. The molecular formula is C20H26N4O4. The standard InChI is InChI=1S/C20H26N4O4/c1-5-16-15(11-22-24(16)20(2,3)4)19(28)23-14-8-6-13(7-9-14)10-17(25)21-12-18(26)27/h6-9,11H,5,10,12H2,1-4H3,(H,21,25)(H,23,28)(H,26,27). The van der Waals surface area contributed by atoms with Crippen LogP contribution >= 0.6 is 0 Å². The van der Waals surface area contributed by atoms with Gasteiger partial charge < -0.3 is 15.7 Å². The Hall–Kier alpha value is -3.16. The largest absolute Gasteiger partial charge is 0.480 e. The lowest BCUT2D eigenvalue weighted by atomic mass is 10.1. The van der Waals surface area contributed by atoms with E-state index in [-0.39, 0.29) is 23.8 Å². The Kier molecular flexibility index (Phi) is 6.56. The summed E-state index contributed by atoms with van der Waals surface area (Å²) < 4.78 is 1.86. The zero-order chi connectivity index (χ0) is 20.9. The Morgan fingerprint density at radius 2 is 1.79 bits per heavy atom.